The standard InChI is InChI=1S/C13H18N2O3/c1-18-13(17)11(7-8-14)15-9-12(16)10-5-3-2-4-6-10/h2-6,11,15H,7-9,14H2,1H3/t11-/m1/s1. The van der Waals surface area contributed by atoms with E-state index < -0.39 is 12.0 Å². The van der Waals surface area contributed by atoms with E-state index in [1.165, 1.54) is 7.11 Å². The summed E-state index contributed by atoms with van der Waals surface area (Å²) in [5.41, 5.74) is 6.02. The highest BCUT2D eigenvalue weighted by molar-refractivity contribution is 5.97. The Labute approximate surface area is 106 Å². The van der Waals surface area contributed by atoms with Crippen molar-refractivity contribution < 1.29 is 14.3 Å². The molecule has 0 unspecified atom stereocenters. The van der Waals surface area contributed by atoms with Gasteiger partial charge in [0.1, 0.15) is 6.04 Å². The zero-order valence-electron chi connectivity index (χ0n) is 10.4. The van der Waals surface area contributed by atoms with E-state index in [1.54, 1.807) is 24.3 Å². The van der Waals surface area contributed by atoms with Gasteiger partial charge in [0.2, 0.25) is 0 Å². The Morgan fingerprint density at radius 2 is 2.00 bits per heavy atom. The maximum absolute atomic E-state index is 11.8. The quantitative estimate of drug-likeness (QED) is 0.539. The van der Waals surface area contributed by atoms with Crippen molar-refractivity contribution in [2.75, 3.05) is 20.2 Å². The van der Waals surface area contributed by atoms with Crippen LogP contribution in [0.25, 0.3) is 0 Å². The van der Waals surface area contributed by atoms with Gasteiger partial charge in [0.15, 0.2) is 5.78 Å². The van der Waals surface area contributed by atoms with Crippen LogP contribution in [0, 0.1) is 0 Å². The fourth-order valence-electron chi connectivity index (χ4n) is 1.55. The van der Waals surface area contributed by atoms with Gasteiger partial charge in [-0.3, -0.25) is 14.9 Å². The first-order chi connectivity index (χ1) is 8.69. The Morgan fingerprint density at radius 1 is 1.33 bits per heavy atom. The molecule has 18 heavy (non-hydrogen) atoms. The van der Waals surface area contributed by atoms with Gasteiger partial charge in [0.25, 0.3) is 0 Å². The number of hydrogen-bond donors (Lipinski definition) is 2. The number of ketones is 1. The van der Waals surface area contributed by atoms with Crippen LogP contribution in [0.2, 0.25) is 0 Å². The van der Waals surface area contributed by atoms with Crippen molar-refractivity contribution in [1.82, 2.24) is 5.32 Å². The van der Waals surface area contributed by atoms with Crippen molar-refractivity contribution in [3.63, 3.8) is 0 Å². The lowest BCUT2D eigenvalue weighted by Gasteiger charge is -2.14. The molecule has 5 nitrogen and oxygen atoms in total. The second-order valence-electron chi connectivity index (χ2n) is 3.82. The van der Waals surface area contributed by atoms with E-state index in [2.05, 4.69) is 10.1 Å². The number of esters is 1. The topological polar surface area (TPSA) is 81.4 Å². The van der Waals surface area contributed by atoms with E-state index in [0.29, 0.717) is 18.5 Å². The van der Waals surface area contributed by atoms with Crippen LogP contribution < -0.4 is 11.1 Å². The zero-order chi connectivity index (χ0) is 13.4. The van der Waals surface area contributed by atoms with Crippen molar-refractivity contribution in [1.29, 1.82) is 0 Å². The van der Waals surface area contributed by atoms with E-state index in [0.717, 1.165) is 0 Å². The highest BCUT2D eigenvalue weighted by Crippen LogP contribution is 2.00. The molecule has 0 fully saturated rings. The number of benzene rings is 1. The summed E-state index contributed by atoms with van der Waals surface area (Å²) in [6.45, 7) is 0.441. The summed E-state index contributed by atoms with van der Waals surface area (Å²) >= 11 is 0. The van der Waals surface area contributed by atoms with Crippen LogP contribution in [0.1, 0.15) is 16.8 Å². The average Bonchev–Trinajstić information content (AvgIpc) is 2.43. The van der Waals surface area contributed by atoms with Crippen LogP contribution >= 0.6 is 0 Å². The Hall–Kier alpha value is -1.72. The molecular weight excluding hydrogens is 232 g/mol. The molecule has 0 spiro atoms. The molecule has 0 aromatic heterocycles. The number of nitrogens with one attached hydrogen (secondary N) is 1. The summed E-state index contributed by atoms with van der Waals surface area (Å²) in [6.07, 6.45) is 0.439. The normalized spacial score (nSPS) is 11.9. The van der Waals surface area contributed by atoms with Crippen LogP contribution in [0.4, 0.5) is 0 Å². The number of methoxy groups -OCH3 is 1. The van der Waals surface area contributed by atoms with Gasteiger partial charge in [0, 0.05) is 5.56 Å². The number of carbonyl (C=O) groups excluding carboxylic acids is 2. The number of rotatable bonds is 7. The van der Waals surface area contributed by atoms with E-state index in [-0.39, 0.29) is 12.3 Å². The monoisotopic (exact) mass is 250 g/mol. The molecule has 0 aliphatic carbocycles. The minimum atomic E-state index is -0.535. The third-order valence-electron chi connectivity index (χ3n) is 2.55. The lowest BCUT2D eigenvalue weighted by molar-refractivity contribution is -0.143. The maximum Gasteiger partial charge on any atom is 0.322 e. The Bertz CT molecular complexity index is 392. The second kappa shape index (κ2) is 7.58. The highest BCUT2D eigenvalue weighted by Gasteiger charge is 2.18. The molecule has 1 rings (SSSR count). The summed E-state index contributed by atoms with van der Waals surface area (Å²) < 4.78 is 4.63. The van der Waals surface area contributed by atoms with Crippen LogP contribution in [0.5, 0.6) is 0 Å². The molecule has 5 heteroatoms. The SMILES string of the molecule is COC(=O)[C@@H](CCN)NCC(=O)c1ccccc1. The molecule has 0 bridgehead atoms. The van der Waals surface area contributed by atoms with Crippen molar-refractivity contribution in [2.24, 2.45) is 5.73 Å². The second-order valence-corrected chi connectivity index (χ2v) is 3.82. The van der Waals surface area contributed by atoms with Gasteiger partial charge in [-0.15, -0.1) is 0 Å². The molecule has 0 aliphatic rings. The van der Waals surface area contributed by atoms with Crippen molar-refractivity contribution in [2.45, 2.75) is 12.5 Å². The Balaban J connectivity index is 2.52. The number of nitrogens with two attached hydrogens (primary N) is 1. The van der Waals surface area contributed by atoms with Crippen LogP contribution in [-0.4, -0.2) is 38.0 Å². The van der Waals surface area contributed by atoms with Gasteiger partial charge in [0.05, 0.1) is 13.7 Å². The van der Waals surface area contributed by atoms with E-state index in [4.69, 9.17) is 5.73 Å². The molecule has 0 saturated heterocycles. The minimum Gasteiger partial charge on any atom is -0.468 e. The fourth-order valence-corrected chi connectivity index (χ4v) is 1.55. The minimum absolute atomic E-state index is 0.0680. The van der Waals surface area contributed by atoms with Gasteiger partial charge in [-0.05, 0) is 13.0 Å². The first-order valence-corrected chi connectivity index (χ1v) is 5.78. The maximum atomic E-state index is 11.8. The molecule has 0 radical (unpaired) electrons. The molecule has 0 saturated carbocycles. The van der Waals surface area contributed by atoms with Crippen LogP contribution in [0.3, 0.4) is 0 Å². The number of ether oxygens (including phenoxy) is 1. The van der Waals surface area contributed by atoms with Gasteiger partial charge in [-0.1, -0.05) is 30.3 Å². The molecule has 1 aromatic rings. The molecule has 0 aliphatic heterocycles. The summed E-state index contributed by atoms with van der Waals surface area (Å²) in [5, 5.41) is 2.87. The third kappa shape index (κ3) is 4.27. The number of Topliss-reactive ketones (excluding diaryl/α,β-unsaturated/α-hetero) is 1. The van der Waals surface area contributed by atoms with Crippen LogP contribution in [-0.2, 0) is 9.53 Å². The third-order valence-corrected chi connectivity index (χ3v) is 2.55. The molecule has 98 valence electrons. The molecule has 1 aromatic carbocycles. The van der Waals surface area contributed by atoms with E-state index in [1.807, 2.05) is 6.07 Å². The van der Waals surface area contributed by atoms with E-state index >= 15 is 0 Å². The Morgan fingerprint density at radius 3 is 2.56 bits per heavy atom. The van der Waals surface area contributed by atoms with Gasteiger partial charge in [-0.25, -0.2) is 0 Å². The van der Waals surface area contributed by atoms with Crippen molar-refractivity contribution in [3.05, 3.63) is 35.9 Å². The predicted octanol–water partition coefficient (Wildman–Crippen LogP) is 0.349. The fraction of sp³-hybridized carbons (Fsp3) is 0.385. The van der Waals surface area contributed by atoms with Crippen molar-refractivity contribution >= 4 is 11.8 Å². The summed E-state index contributed by atoms with van der Waals surface area (Å²) in [4.78, 5) is 23.2. The van der Waals surface area contributed by atoms with Crippen LogP contribution in [0.15, 0.2) is 30.3 Å². The number of hydrogen-bond acceptors (Lipinski definition) is 5. The van der Waals surface area contributed by atoms with Gasteiger partial charge in [-0.2, -0.15) is 0 Å². The lowest BCUT2D eigenvalue weighted by Crippen LogP contribution is -2.41. The summed E-state index contributed by atoms with van der Waals surface area (Å²) in [7, 11) is 1.31. The lowest BCUT2D eigenvalue weighted by atomic mass is 10.1. The predicted molar refractivity (Wildman–Crippen MR) is 68.3 cm³/mol. The highest BCUT2D eigenvalue weighted by atomic mass is 16.5. The molecular formula is C13H18N2O3. The molecule has 0 heterocycles. The zero-order valence-corrected chi connectivity index (χ0v) is 10.4. The average molecular weight is 250 g/mol. The largest absolute Gasteiger partial charge is 0.468 e. The first-order valence-electron chi connectivity index (χ1n) is 5.78. The molecule has 1 atom stereocenters. The number of carbonyl (C=O) groups is 2. The smallest absolute Gasteiger partial charge is 0.322 e. The van der Waals surface area contributed by atoms with Gasteiger partial charge >= 0.3 is 5.97 Å². The summed E-state index contributed by atoms with van der Waals surface area (Å²) in [5.74, 6) is -0.470. The molecule has 3 N–H and O–H groups in total. The van der Waals surface area contributed by atoms with Gasteiger partial charge < -0.3 is 10.5 Å². The molecule has 0 amide bonds. The van der Waals surface area contributed by atoms with Crippen molar-refractivity contribution in [3.8, 4) is 0 Å². The summed E-state index contributed by atoms with van der Waals surface area (Å²) in [6, 6.07) is 8.37. The first kappa shape index (κ1) is 14.3. The Kier molecular flexibility index (Phi) is 6.04. The van der Waals surface area contributed by atoms with E-state index in [9.17, 15) is 9.59 Å².